The summed E-state index contributed by atoms with van der Waals surface area (Å²) in [5.41, 5.74) is 6.32. The minimum absolute atomic E-state index is 0.223. The van der Waals surface area contributed by atoms with Crippen molar-refractivity contribution < 1.29 is 10.2 Å². The Labute approximate surface area is 84.4 Å². The second-order valence-electron chi connectivity index (χ2n) is 2.98. The molecule has 0 aliphatic rings. The summed E-state index contributed by atoms with van der Waals surface area (Å²) < 4.78 is 1.33. The molecular weight excluding hydrogens is 200 g/mol. The van der Waals surface area contributed by atoms with Crippen LogP contribution >= 0.6 is 0 Å². The van der Waals surface area contributed by atoms with Crippen LogP contribution in [0.1, 0.15) is 6.04 Å². The Balaban J connectivity index is 2.58. The van der Waals surface area contributed by atoms with Crippen LogP contribution in [0.2, 0.25) is 0 Å². The lowest BCUT2D eigenvalue weighted by molar-refractivity contribution is 0.147. The number of nitrogens with zero attached hydrogens (tertiary/aromatic N) is 5. The van der Waals surface area contributed by atoms with Gasteiger partial charge >= 0.3 is 0 Å². The molecule has 0 fully saturated rings. The van der Waals surface area contributed by atoms with Gasteiger partial charge in [0.1, 0.15) is 12.4 Å². The predicted octanol–water partition coefficient (Wildman–Crippen LogP) is -1.67. The van der Waals surface area contributed by atoms with Crippen LogP contribution in [-0.4, -0.2) is 48.4 Å². The Hall–Kier alpha value is -1.80. The highest BCUT2D eigenvalue weighted by molar-refractivity contribution is 5.80. The third-order valence-electron chi connectivity index (χ3n) is 2.06. The molecule has 8 nitrogen and oxygen atoms in total. The van der Waals surface area contributed by atoms with E-state index in [9.17, 15) is 0 Å². The molecule has 8 heteroatoms. The smallest absolute Gasteiger partial charge is 0.184 e. The number of rotatable bonds is 3. The average molecular weight is 210 g/mol. The van der Waals surface area contributed by atoms with Gasteiger partial charge in [0.2, 0.25) is 0 Å². The minimum Gasteiger partial charge on any atom is -0.394 e. The van der Waals surface area contributed by atoms with E-state index in [1.807, 2.05) is 0 Å². The molecule has 0 aromatic carbocycles. The fourth-order valence-corrected chi connectivity index (χ4v) is 1.24. The van der Waals surface area contributed by atoms with E-state index in [-0.39, 0.29) is 19.0 Å². The summed E-state index contributed by atoms with van der Waals surface area (Å²) in [6.07, 6.45) is 1.28. The number of hydrogen-bond donors (Lipinski definition) is 3. The van der Waals surface area contributed by atoms with Crippen LogP contribution in [0.25, 0.3) is 11.2 Å². The Bertz CT molecular complexity index is 465. The van der Waals surface area contributed by atoms with Gasteiger partial charge in [-0.1, -0.05) is 5.21 Å². The van der Waals surface area contributed by atoms with Gasteiger partial charge in [0.25, 0.3) is 0 Å². The molecule has 0 unspecified atom stereocenters. The van der Waals surface area contributed by atoms with Crippen LogP contribution in [0.5, 0.6) is 0 Å². The van der Waals surface area contributed by atoms with Gasteiger partial charge in [-0.3, -0.25) is 0 Å². The number of aliphatic hydroxyl groups excluding tert-OH is 2. The molecular formula is C7H10N6O2. The SMILES string of the molecule is Nc1ncnc2c1nnn2C(CO)CO. The van der Waals surface area contributed by atoms with Gasteiger partial charge in [0.15, 0.2) is 17.0 Å². The number of anilines is 1. The second-order valence-corrected chi connectivity index (χ2v) is 2.98. The lowest BCUT2D eigenvalue weighted by atomic mass is 10.3. The average Bonchev–Trinajstić information content (AvgIpc) is 2.66. The zero-order valence-electron chi connectivity index (χ0n) is 7.78. The number of nitrogens with two attached hydrogens (primary N) is 1. The number of aliphatic hydroxyl groups is 2. The monoisotopic (exact) mass is 210 g/mol. The first-order valence-electron chi connectivity index (χ1n) is 4.31. The Morgan fingerprint density at radius 1 is 1.33 bits per heavy atom. The standard InChI is InChI=1S/C7H10N6O2/c8-6-5-7(10-3-9-6)13(12-11-5)4(1-14)2-15/h3-4,14-15H,1-2H2,(H2,8,9,10). The summed E-state index contributed by atoms with van der Waals surface area (Å²) in [7, 11) is 0. The van der Waals surface area contributed by atoms with Crippen molar-refractivity contribution in [3.05, 3.63) is 6.33 Å². The summed E-state index contributed by atoms with van der Waals surface area (Å²) in [5.74, 6) is 0.223. The van der Waals surface area contributed by atoms with Crippen molar-refractivity contribution in [3.63, 3.8) is 0 Å². The third kappa shape index (κ3) is 1.49. The summed E-state index contributed by atoms with van der Waals surface area (Å²) in [6.45, 7) is -0.502. The van der Waals surface area contributed by atoms with Crippen molar-refractivity contribution in [3.8, 4) is 0 Å². The third-order valence-corrected chi connectivity index (χ3v) is 2.06. The van der Waals surface area contributed by atoms with Gasteiger partial charge in [-0.05, 0) is 0 Å². The summed E-state index contributed by atoms with van der Waals surface area (Å²) in [4.78, 5) is 7.70. The molecule has 0 spiro atoms. The van der Waals surface area contributed by atoms with E-state index in [4.69, 9.17) is 15.9 Å². The molecule has 15 heavy (non-hydrogen) atoms. The number of hydrogen-bond acceptors (Lipinski definition) is 7. The van der Waals surface area contributed by atoms with Crippen molar-refractivity contribution in [1.82, 2.24) is 25.0 Å². The van der Waals surface area contributed by atoms with Crippen LogP contribution in [0, 0.1) is 0 Å². The van der Waals surface area contributed by atoms with Crippen molar-refractivity contribution in [2.45, 2.75) is 6.04 Å². The molecule has 0 radical (unpaired) electrons. The molecule has 2 aromatic heterocycles. The molecule has 4 N–H and O–H groups in total. The van der Waals surface area contributed by atoms with Crippen molar-refractivity contribution >= 4 is 17.0 Å². The van der Waals surface area contributed by atoms with Crippen LogP contribution in [-0.2, 0) is 0 Å². The first-order valence-corrected chi connectivity index (χ1v) is 4.31. The van der Waals surface area contributed by atoms with Gasteiger partial charge in [0, 0.05) is 0 Å². The Morgan fingerprint density at radius 2 is 2.07 bits per heavy atom. The first kappa shape index (κ1) is 9.74. The molecule has 2 heterocycles. The van der Waals surface area contributed by atoms with Crippen LogP contribution in [0.4, 0.5) is 5.82 Å². The summed E-state index contributed by atoms with van der Waals surface area (Å²) >= 11 is 0. The van der Waals surface area contributed by atoms with Crippen molar-refractivity contribution in [1.29, 1.82) is 0 Å². The fraction of sp³-hybridized carbons (Fsp3) is 0.429. The number of nitrogen functional groups attached to an aromatic ring is 1. The zero-order chi connectivity index (χ0) is 10.8. The van der Waals surface area contributed by atoms with Gasteiger partial charge < -0.3 is 15.9 Å². The Kier molecular flexibility index (Phi) is 2.44. The second kappa shape index (κ2) is 3.75. The van der Waals surface area contributed by atoms with Crippen molar-refractivity contribution in [2.75, 3.05) is 18.9 Å². The topological polar surface area (TPSA) is 123 Å². The molecule has 0 saturated carbocycles. The van der Waals surface area contributed by atoms with Gasteiger partial charge in [-0.2, -0.15) is 0 Å². The highest BCUT2D eigenvalue weighted by Crippen LogP contribution is 2.15. The van der Waals surface area contributed by atoms with Gasteiger partial charge in [0.05, 0.1) is 13.2 Å². The molecule has 0 aliphatic carbocycles. The lowest BCUT2D eigenvalue weighted by Crippen LogP contribution is -2.19. The zero-order valence-corrected chi connectivity index (χ0v) is 7.78. The van der Waals surface area contributed by atoms with Gasteiger partial charge in [-0.25, -0.2) is 14.6 Å². The molecule has 0 aliphatic heterocycles. The summed E-state index contributed by atoms with van der Waals surface area (Å²) in [6, 6.07) is -0.565. The summed E-state index contributed by atoms with van der Waals surface area (Å²) in [5, 5.41) is 25.5. The minimum atomic E-state index is -0.565. The molecule has 0 bridgehead atoms. The van der Waals surface area contributed by atoms with Crippen LogP contribution in [0.3, 0.4) is 0 Å². The van der Waals surface area contributed by atoms with E-state index in [0.29, 0.717) is 11.2 Å². The Morgan fingerprint density at radius 3 is 2.73 bits per heavy atom. The number of aromatic nitrogens is 5. The van der Waals surface area contributed by atoms with Crippen molar-refractivity contribution in [2.24, 2.45) is 0 Å². The quantitative estimate of drug-likeness (QED) is 0.553. The highest BCUT2D eigenvalue weighted by atomic mass is 16.3. The largest absolute Gasteiger partial charge is 0.394 e. The van der Waals surface area contributed by atoms with E-state index in [1.165, 1.54) is 11.0 Å². The van der Waals surface area contributed by atoms with Gasteiger partial charge in [-0.15, -0.1) is 5.10 Å². The lowest BCUT2D eigenvalue weighted by Gasteiger charge is -2.10. The first-order chi connectivity index (χ1) is 7.27. The van der Waals surface area contributed by atoms with E-state index < -0.39 is 6.04 Å². The predicted molar refractivity (Wildman–Crippen MR) is 50.7 cm³/mol. The van der Waals surface area contributed by atoms with Crippen LogP contribution in [0.15, 0.2) is 6.33 Å². The van der Waals surface area contributed by atoms with E-state index in [0.717, 1.165) is 0 Å². The maximum Gasteiger partial charge on any atom is 0.184 e. The fourth-order valence-electron chi connectivity index (χ4n) is 1.24. The molecule has 2 aromatic rings. The van der Waals surface area contributed by atoms with Crippen LogP contribution < -0.4 is 5.73 Å². The molecule has 0 atom stereocenters. The van der Waals surface area contributed by atoms with E-state index >= 15 is 0 Å². The van der Waals surface area contributed by atoms with E-state index in [2.05, 4.69) is 20.3 Å². The maximum atomic E-state index is 9.00. The molecule has 0 saturated heterocycles. The maximum absolute atomic E-state index is 9.00. The highest BCUT2D eigenvalue weighted by Gasteiger charge is 2.16. The van der Waals surface area contributed by atoms with E-state index in [1.54, 1.807) is 0 Å². The molecule has 2 rings (SSSR count). The molecule has 0 amide bonds. The molecule has 80 valence electrons. The number of fused-ring (bicyclic) bond motifs is 1. The normalized spacial score (nSPS) is 11.4.